The molecular formula is C86H91B4N9O16. The molecule has 9 aromatic rings. The molecule has 8 aromatic carbocycles. The molecule has 16 N–H and O–H groups in total. The van der Waals surface area contributed by atoms with Gasteiger partial charge in [0.05, 0.1) is 34.6 Å². The molecular weight excluding hydrogens is 1460 g/mol. The summed E-state index contributed by atoms with van der Waals surface area (Å²) in [4.78, 5) is 110. The highest BCUT2D eigenvalue weighted by Crippen LogP contribution is 2.42. The van der Waals surface area contributed by atoms with Gasteiger partial charge in [-0.1, -0.05) is 115 Å². The number of allylic oxidation sites excluding steroid dienone is 1. The van der Waals surface area contributed by atoms with Crippen molar-refractivity contribution in [2.75, 3.05) is 0 Å². The molecule has 0 saturated heterocycles. The fourth-order valence-electron chi connectivity index (χ4n) is 14.8. The molecule has 1 aliphatic carbocycles. The summed E-state index contributed by atoms with van der Waals surface area (Å²) in [6, 6.07) is 45.4. The number of nitrogens with one attached hydrogen (secondary N) is 2. The molecule has 4 aliphatic heterocycles. The summed E-state index contributed by atoms with van der Waals surface area (Å²) in [5, 5.41) is 49.2. The Morgan fingerprint density at radius 2 is 0.896 bits per heavy atom. The topological polar surface area (TPSA) is 449 Å². The lowest BCUT2D eigenvalue weighted by molar-refractivity contribution is -0.118. The smallest absolute Gasteiger partial charge is 0.526 e. The molecule has 115 heavy (non-hydrogen) atoms. The SMILES string of the molecule is CC(=O)c1cccc2c1OB(O)[C@@H](CC(=O)Cc1ccc3c(c1)CC=C3)C2.CC(=O)c1cccc2c1OB(O)[C@@H](CC(=O)c1cc(CCC(=N)N)cc(CN=C(N)N)c1)C2.CC(=O)c1cccc2c1OB(O)[C@@H](CC(=O)c1cc(CN)cc(CN)c1)C2.CC(=O)c1cccc2c1OB(O)[C@@H](CC(=O)c1ccc(-c3ncc[nH]3)cc1)C2. The lowest BCUT2D eigenvalue weighted by Crippen LogP contribution is -2.36. The summed E-state index contributed by atoms with van der Waals surface area (Å²) in [7, 11) is -4.55. The normalized spacial score (nSPS) is 15.8. The van der Waals surface area contributed by atoms with Gasteiger partial charge in [-0.15, -0.1) is 0 Å². The first-order valence-corrected chi connectivity index (χ1v) is 38.0. The highest BCUT2D eigenvalue weighted by atomic mass is 16.5. The van der Waals surface area contributed by atoms with Crippen LogP contribution >= 0.6 is 0 Å². The van der Waals surface area contributed by atoms with Gasteiger partial charge in [-0.25, -0.2) is 9.98 Å². The number of fused-ring (bicyclic) bond motifs is 5. The third kappa shape index (κ3) is 21.5. The molecule has 5 aliphatic rings. The van der Waals surface area contributed by atoms with Gasteiger partial charge in [-0.3, -0.25) is 43.8 Å². The lowest BCUT2D eigenvalue weighted by atomic mass is 9.64. The van der Waals surface area contributed by atoms with E-state index in [1.54, 1.807) is 91.3 Å². The number of nitrogens with two attached hydrogens (primary N) is 5. The number of carbonyl (C=O) groups excluding carboxylic acids is 8. The fraction of sp³-hybridized carbons (Fsp3) is 0.267. The van der Waals surface area contributed by atoms with E-state index in [0.29, 0.717) is 120 Å². The van der Waals surface area contributed by atoms with Crippen LogP contribution in [0, 0.1) is 5.41 Å². The van der Waals surface area contributed by atoms with Gasteiger partial charge in [0, 0.05) is 110 Å². The monoisotopic (exact) mass is 1550 g/mol. The van der Waals surface area contributed by atoms with Crippen molar-refractivity contribution in [1.82, 2.24) is 9.97 Å². The zero-order chi connectivity index (χ0) is 82.3. The van der Waals surface area contributed by atoms with E-state index >= 15 is 0 Å². The van der Waals surface area contributed by atoms with Gasteiger partial charge < -0.3 is 72.4 Å². The van der Waals surface area contributed by atoms with Gasteiger partial charge >= 0.3 is 28.5 Å². The van der Waals surface area contributed by atoms with E-state index in [1.165, 1.54) is 38.8 Å². The quantitative estimate of drug-likeness (QED) is 0.0110. The third-order valence-corrected chi connectivity index (χ3v) is 20.8. The first-order valence-electron chi connectivity index (χ1n) is 38.0. The zero-order valence-electron chi connectivity index (χ0n) is 64.4. The number of benzene rings is 8. The Labute approximate surface area is 667 Å². The predicted molar refractivity (Wildman–Crippen MR) is 442 cm³/mol. The standard InChI is InChI=1S/C23H28BN5O4.C22H21BO4.C21H19BN2O4.C20H23BN2O4/c1-13(30)19-4-2-3-16-10-18(24(32)33-22(16)19)11-20(31)17-8-14(5-6-21(25)26)7-15(9-17)12-29-23(27)28;1-14(24)21-7-3-6-18-12-19(23(26)27-22(18)21)13-20(25)11-15-8-9-16-4-2-5-17(16)10-15;1-13(25)18-4-2-3-16-11-17(22(27)28-20(16)18)12-19(26)14-5-7-15(8-6-14)21-23-9-10-24-21;1-12(24)18-4-2-3-15-8-17(21(26)27-20(15)18)9-19(25)16-6-13(10-22)5-14(7-16)11-23/h2-4,7-9,18,32H,5-6,10-12H2,1H3,(H3,25,26)(H4,27,28,29);2-4,6-10,19,26H,5,11-13H2,1H3;2-10,17,27H,11-12H2,1H3,(H,23,24);2-7,17,26H,8-11,22-23H2,1H3/t18-;19-;2*17-/m1111/s1. The van der Waals surface area contributed by atoms with Crippen molar-refractivity contribution < 1.29 is 77.1 Å². The van der Waals surface area contributed by atoms with Gasteiger partial charge in [0.2, 0.25) is 0 Å². The maximum absolute atomic E-state index is 13.2. The van der Waals surface area contributed by atoms with Crippen LogP contribution in [0.2, 0.25) is 23.3 Å². The number of aryl methyl sites for hydroxylation is 1. The number of ketones is 8. The summed E-state index contributed by atoms with van der Waals surface area (Å²) in [6.45, 7) is 6.71. The first-order chi connectivity index (χ1) is 55.1. The minimum absolute atomic E-state index is 0.0527. The van der Waals surface area contributed by atoms with E-state index in [0.717, 1.165) is 67.9 Å². The largest absolute Gasteiger partial charge is 0.535 e. The number of hydrogen-bond acceptors (Lipinski definition) is 21. The van der Waals surface area contributed by atoms with E-state index in [-0.39, 0.29) is 102 Å². The molecule has 29 heteroatoms. The Balaban J connectivity index is 0.000000151. The van der Waals surface area contributed by atoms with Crippen LogP contribution in [-0.4, -0.2) is 117 Å². The third-order valence-electron chi connectivity index (χ3n) is 20.8. The summed E-state index contributed by atoms with van der Waals surface area (Å²) < 4.78 is 22.5. The maximum atomic E-state index is 13.2. The molecule has 4 atom stereocenters. The van der Waals surface area contributed by atoms with Crippen LogP contribution < -0.4 is 47.3 Å². The Bertz CT molecular complexity index is 5230. The van der Waals surface area contributed by atoms with Crippen molar-refractivity contribution in [3.05, 3.63) is 270 Å². The number of Topliss-reactive ketones (excluding diaryl/α,β-unsaturated/α-hetero) is 8. The van der Waals surface area contributed by atoms with Gasteiger partial charge in [0.25, 0.3) is 0 Å². The highest BCUT2D eigenvalue weighted by Gasteiger charge is 2.42. The Morgan fingerprint density at radius 1 is 0.487 bits per heavy atom. The number of imidazole rings is 1. The average Bonchev–Trinajstić information content (AvgIpc) is 1.45. The number of aromatic nitrogens is 2. The number of hydrogen-bond donors (Lipinski definition) is 11. The Kier molecular flexibility index (Phi) is 27.9. The second-order valence-corrected chi connectivity index (χ2v) is 29.5. The molecule has 14 rings (SSSR count). The van der Waals surface area contributed by atoms with Crippen molar-refractivity contribution in [2.24, 2.45) is 33.7 Å². The van der Waals surface area contributed by atoms with Crippen LogP contribution in [0.3, 0.4) is 0 Å². The second kappa shape index (κ2) is 38.2. The molecule has 0 spiro atoms. The van der Waals surface area contributed by atoms with Gasteiger partial charge in [-0.05, 0) is 176 Å². The van der Waals surface area contributed by atoms with Crippen LogP contribution in [0.15, 0.2) is 175 Å². The fourth-order valence-corrected chi connectivity index (χ4v) is 14.8. The minimum Gasteiger partial charge on any atom is -0.535 e. The number of aromatic amines is 1. The van der Waals surface area contributed by atoms with Gasteiger partial charge in [-0.2, -0.15) is 0 Å². The van der Waals surface area contributed by atoms with E-state index in [9.17, 15) is 58.5 Å². The number of amidine groups is 1. The first kappa shape index (κ1) is 84.0. The van der Waals surface area contributed by atoms with Gasteiger partial charge in [0.15, 0.2) is 46.4 Å². The molecule has 25 nitrogen and oxygen atoms in total. The van der Waals surface area contributed by atoms with Crippen LogP contribution in [0.4, 0.5) is 0 Å². The molecule has 5 heterocycles. The molecule has 1 aromatic heterocycles. The average molecular weight is 1550 g/mol. The number of rotatable bonds is 25. The predicted octanol–water partition coefficient (Wildman–Crippen LogP) is 10.2. The summed E-state index contributed by atoms with van der Waals surface area (Å²) >= 11 is 0. The number of para-hydroxylation sites is 4. The Hall–Kier alpha value is -12.0. The number of aliphatic imine (C=N–C) groups is 1. The van der Waals surface area contributed by atoms with E-state index in [4.69, 9.17) is 52.7 Å². The number of H-pyrrole nitrogens is 1. The summed E-state index contributed by atoms with van der Waals surface area (Å²) in [5.74, 6) is 0.165. The summed E-state index contributed by atoms with van der Waals surface area (Å²) in [5.41, 5.74) is 42.1. The van der Waals surface area contributed by atoms with E-state index in [1.807, 2.05) is 60.7 Å². The zero-order valence-corrected chi connectivity index (χ0v) is 64.4. The van der Waals surface area contributed by atoms with Crippen molar-refractivity contribution in [2.45, 2.75) is 148 Å². The number of guanidine groups is 1. The molecule has 0 amide bonds. The molecule has 0 unspecified atom stereocenters. The maximum Gasteiger partial charge on any atom is 0.526 e. The minimum atomic E-state index is -1.20. The molecule has 588 valence electrons. The highest BCUT2D eigenvalue weighted by molar-refractivity contribution is 6.48. The number of nitrogens with zero attached hydrogens (tertiary/aromatic N) is 2. The van der Waals surface area contributed by atoms with Crippen LogP contribution in [0.25, 0.3) is 17.5 Å². The molecule has 0 radical (unpaired) electrons. The molecule has 0 saturated carbocycles. The van der Waals surface area contributed by atoms with Crippen molar-refractivity contribution in [3.63, 3.8) is 0 Å². The van der Waals surface area contributed by atoms with E-state index in [2.05, 4.69) is 39.2 Å². The summed E-state index contributed by atoms with van der Waals surface area (Å²) in [6.07, 6.45) is 12.3. The molecule has 0 bridgehead atoms. The van der Waals surface area contributed by atoms with Crippen molar-refractivity contribution in [3.8, 4) is 34.4 Å². The van der Waals surface area contributed by atoms with Crippen LogP contribution in [0.1, 0.15) is 194 Å². The van der Waals surface area contributed by atoms with Crippen LogP contribution in [0.5, 0.6) is 23.0 Å². The van der Waals surface area contributed by atoms with Crippen molar-refractivity contribution in [1.29, 1.82) is 5.41 Å². The number of carbonyl (C=O) groups is 8. The second-order valence-electron chi connectivity index (χ2n) is 29.5. The lowest BCUT2D eigenvalue weighted by Gasteiger charge is -2.28. The van der Waals surface area contributed by atoms with Crippen molar-refractivity contribution >= 4 is 92.6 Å². The van der Waals surface area contributed by atoms with E-state index < -0.39 is 40.1 Å². The van der Waals surface area contributed by atoms with Crippen LogP contribution in [-0.2, 0) is 69.4 Å². The molecule has 0 fully saturated rings. The Morgan fingerprint density at radius 3 is 1.30 bits per heavy atom. The van der Waals surface area contributed by atoms with Gasteiger partial charge in [0.1, 0.15) is 34.6 Å².